The van der Waals surface area contributed by atoms with Gasteiger partial charge in [-0.1, -0.05) is 6.92 Å². The SMILES string of the molecule is CCC1c2cc(OC)c(N)cc2CCN1C(=O)OC(C)(C)C. The topological polar surface area (TPSA) is 64.8 Å². The molecular formula is C17H26N2O3. The lowest BCUT2D eigenvalue weighted by Gasteiger charge is -2.38. The third kappa shape index (κ3) is 3.29. The molecule has 1 aromatic carbocycles. The van der Waals surface area contributed by atoms with Gasteiger partial charge in [0.15, 0.2) is 0 Å². The highest BCUT2D eigenvalue weighted by Crippen LogP contribution is 2.37. The van der Waals surface area contributed by atoms with E-state index in [-0.39, 0.29) is 12.1 Å². The lowest BCUT2D eigenvalue weighted by Crippen LogP contribution is -2.42. The third-order valence-electron chi connectivity index (χ3n) is 3.86. The molecule has 1 aliphatic rings. The summed E-state index contributed by atoms with van der Waals surface area (Å²) in [5.74, 6) is 0.656. The molecule has 0 radical (unpaired) electrons. The van der Waals surface area contributed by atoms with E-state index in [9.17, 15) is 4.79 Å². The predicted molar refractivity (Wildman–Crippen MR) is 87.1 cm³/mol. The van der Waals surface area contributed by atoms with Gasteiger partial charge in [-0.3, -0.25) is 0 Å². The van der Waals surface area contributed by atoms with E-state index in [4.69, 9.17) is 15.2 Å². The summed E-state index contributed by atoms with van der Waals surface area (Å²) < 4.78 is 10.9. The zero-order valence-corrected chi connectivity index (χ0v) is 14.1. The van der Waals surface area contributed by atoms with Gasteiger partial charge in [-0.15, -0.1) is 0 Å². The quantitative estimate of drug-likeness (QED) is 0.849. The van der Waals surface area contributed by atoms with Crippen molar-refractivity contribution in [2.75, 3.05) is 19.4 Å². The minimum Gasteiger partial charge on any atom is -0.495 e. The highest BCUT2D eigenvalue weighted by Gasteiger charge is 2.33. The molecule has 1 unspecified atom stereocenters. The smallest absolute Gasteiger partial charge is 0.410 e. The van der Waals surface area contributed by atoms with Crippen LogP contribution in [0.3, 0.4) is 0 Å². The van der Waals surface area contributed by atoms with Gasteiger partial charge in [0.2, 0.25) is 0 Å². The molecule has 0 saturated heterocycles. The Kier molecular flexibility index (Phi) is 4.54. The van der Waals surface area contributed by atoms with E-state index in [1.165, 1.54) is 5.56 Å². The number of amides is 1. The molecule has 1 aromatic rings. The first-order chi connectivity index (χ1) is 10.3. The lowest BCUT2D eigenvalue weighted by atomic mass is 9.90. The Morgan fingerprint density at radius 1 is 1.41 bits per heavy atom. The van der Waals surface area contributed by atoms with Crippen LogP contribution in [-0.2, 0) is 11.2 Å². The van der Waals surface area contributed by atoms with Crippen molar-refractivity contribution in [1.29, 1.82) is 0 Å². The number of fused-ring (bicyclic) bond motifs is 1. The monoisotopic (exact) mass is 306 g/mol. The van der Waals surface area contributed by atoms with Gasteiger partial charge in [0.1, 0.15) is 11.4 Å². The molecule has 0 fully saturated rings. The molecule has 1 amide bonds. The first-order valence-electron chi connectivity index (χ1n) is 7.72. The highest BCUT2D eigenvalue weighted by atomic mass is 16.6. The van der Waals surface area contributed by atoms with Gasteiger partial charge in [0.25, 0.3) is 0 Å². The van der Waals surface area contributed by atoms with Crippen LogP contribution in [0.25, 0.3) is 0 Å². The average molecular weight is 306 g/mol. The van der Waals surface area contributed by atoms with Crippen LogP contribution >= 0.6 is 0 Å². The summed E-state index contributed by atoms with van der Waals surface area (Å²) >= 11 is 0. The van der Waals surface area contributed by atoms with Crippen LogP contribution < -0.4 is 10.5 Å². The van der Waals surface area contributed by atoms with Gasteiger partial charge >= 0.3 is 6.09 Å². The molecule has 0 bridgehead atoms. The molecule has 0 saturated carbocycles. The fourth-order valence-electron chi connectivity index (χ4n) is 2.91. The van der Waals surface area contributed by atoms with E-state index >= 15 is 0 Å². The second-order valence-electron chi connectivity index (χ2n) is 6.64. The normalized spacial score (nSPS) is 17.9. The molecule has 0 aromatic heterocycles. The van der Waals surface area contributed by atoms with Crippen molar-refractivity contribution < 1.29 is 14.3 Å². The van der Waals surface area contributed by atoms with Crippen LogP contribution in [0.4, 0.5) is 10.5 Å². The number of nitrogens with two attached hydrogens (primary N) is 1. The van der Waals surface area contributed by atoms with Crippen LogP contribution in [0.5, 0.6) is 5.75 Å². The number of nitrogens with zero attached hydrogens (tertiary/aromatic N) is 1. The van der Waals surface area contributed by atoms with Crippen LogP contribution in [-0.4, -0.2) is 30.2 Å². The average Bonchev–Trinajstić information content (AvgIpc) is 2.43. The van der Waals surface area contributed by atoms with Gasteiger partial charge < -0.3 is 20.1 Å². The van der Waals surface area contributed by atoms with Gasteiger partial charge in [-0.25, -0.2) is 4.79 Å². The van der Waals surface area contributed by atoms with E-state index in [0.717, 1.165) is 18.4 Å². The van der Waals surface area contributed by atoms with Crippen molar-refractivity contribution in [2.45, 2.75) is 52.2 Å². The fraction of sp³-hybridized carbons (Fsp3) is 0.588. The summed E-state index contributed by atoms with van der Waals surface area (Å²) in [4.78, 5) is 14.3. The second kappa shape index (κ2) is 6.07. The van der Waals surface area contributed by atoms with Crippen LogP contribution in [0.2, 0.25) is 0 Å². The number of ether oxygens (including phenoxy) is 2. The maximum absolute atomic E-state index is 12.5. The molecular weight excluding hydrogens is 280 g/mol. The van der Waals surface area contributed by atoms with E-state index in [2.05, 4.69) is 6.92 Å². The first-order valence-corrected chi connectivity index (χ1v) is 7.72. The third-order valence-corrected chi connectivity index (χ3v) is 3.86. The maximum Gasteiger partial charge on any atom is 0.410 e. The number of benzene rings is 1. The molecule has 2 rings (SSSR count). The maximum atomic E-state index is 12.5. The van der Waals surface area contributed by atoms with E-state index in [1.54, 1.807) is 7.11 Å². The van der Waals surface area contributed by atoms with Crippen LogP contribution in [0, 0.1) is 0 Å². The fourth-order valence-corrected chi connectivity index (χ4v) is 2.91. The lowest BCUT2D eigenvalue weighted by molar-refractivity contribution is 0.0137. The molecule has 2 N–H and O–H groups in total. The minimum absolute atomic E-state index is 0.00639. The molecule has 5 heteroatoms. The Hall–Kier alpha value is -1.91. The number of carbonyl (C=O) groups excluding carboxylic acids is 1. The Bertz CT molecular complexity index is 564. The summed E-state index contributed by atoms with van der Waals surface area (Å²) in [6, 6.07) is 3.91. The number of hydrogen-bond donors (Lipinski definition) is 1. The van der Waals surface area contributed by atoms with Gasteiger partial charge in [0, 0.05) is 6.54 Å². The Labute approximate surface area is 132 Å². The first kappa shape index (κ1) is 16.5. The number of rotatable bonds is 2. The summed E-state index contributed by atoms with van der Waals surface area (Å²) in [5, 5.41) is 0. The molecule has 1 aliphatic heterocycles. The molecule has 5 nitrogen and oxygen atoms in total. The number of anilines is 1. The van der Waals surface area contributed by atoms with Gasteiger partial charge in [-0.05, 0) is 56.9 Å². The summed E-state index contributed by atoms with van der Waals surface area (Å²) in [5.41, 5.74) is 8.43. The highest BCUT2D eigenvalue weighted by molar-refractivity contribution is 5.70. The zero-order chi connectivity index (χ0) is 16.5. The number of methoxy groups -OCH3 is 1. The van der Waals surface area contributed by atoms with Crippen molar-refractivity contribution in [3.05, 3.63) is 23.3 Å². The zero-order valence-electron chi connectivity index (χ0n) is 14.1. The summed E-state index contributed by atoms with van der Waals surface area (Å²) in [6.45, 7) is 8.36. The van der Waals surface area contributed by atoms with Crippen molar-refractivity contribution in [3.8, 4) is 5.75 Å². The van der Waals surface area contributed by atoms with Crippen molar-refractivity contribution >= 4 is 11.8 Å². The molecule has 0 spiro atoms. The van der Waals surface area contributed by atoms with Gasteiger partial charge in [0.05, 0.1) is 18.8 Å². The minimum atomic E-state index is -0.492. The van der Waals surface area contributed by atoms with E-state index < -0.39 is 5.60 Å². The predicted octanol–water partition coefficient (Wildman–Crippen LogP) is 3.52. The molecule has 1 atom stereocenters. The van der Waals surface area contributed by atoms with E-state index in [1.807, 2.05) is 37.8 Å². The Morgan fingerprint density at radius 3 is 2.64 bits per heavy atom. The largest absolute Gasteiger partial charge is 0.495 e. The van der Waals surface area contributed by atoms with Crippen molar-refractivity contribution in [1.82, 2.24) is 4.90 Å². The molecule has 1 heterocycles. The second-order valence-corrected chi connectivity index (χ2v) is 6.64. The standard InChI is InChI=1S/C17H26N2O3/c1-6-14-12-10-15(21-5)13(18)9-11(12)7-8-19(14)16(20)22-17(2,3)4/h9-10,14H,6-8,18H2,1-5H3. The Morgan fingerprint density at radius 2 is 2.09 bits per heavy atom. The van der Waals surface area contributed by atoms with Crippen LogP contribution in [0.15, 0.2) is 12.1 Å². The number of carbonyl (C=O) groups is 1. The number of hydrogen-bond acceptors (Lipinski definition) is 4. The summed E-state index contributed by atoms with van der Waals surface area (Å²) in [6.07, 6.45) is 1.33. The Balaban J connectivity index is 2.34. The molecule has 0 aliphatic carbocycles. The van der Waals surface area contributed by atoms with Gasteiger partial charge in [-0.2, -0.15) is 0 Å². The van der Waals surface area contributed by atoms with E-state index in [0.29, 0.717) is 18.0 Å². The number of nitrogen functional groups attached to an aromatic ring is 1. The molecule has 122 valence electrons. The van der Waals surface area contributed by atoms with Crippen LogP contribution in [0.1, 0.15) is 51.3 Å². The summed E-state index contributed by atoms with van der Waals surface area (Å²) in [7, 11) is 1.60. The molecule has 22 heavy (non-hydrogen) atoms. The van der Waals surface area contributed by atoms with Crippen molar-refractivity contribution in [2.24, 2.45) is 0 Å². The van der Waals surface area contributed by atoms with Crippen molar-refractivity contribution in [3.63, 3.8) is 0 Å².